The molecule has 0 bridgehead atoms. The predicted octanol–water partition coefficient (Wildman–Crippen LogP) is 2.23. The number of nitrogens with zero attached hydrogens (tertiary/aromatic N) is 3. The van der Waals surface area contributed by atoms with Crippen LogP contribution in [0.4, 0.5) is 23.7 Å². The zero-order valence-corrected chi connectivity index (χ0v) is 16.6. The van der Waals surface area contributed by atoms with Crippen LogP contribution < -0.4 is 16.4 Å². The van der Waals surface area contributed by atoms with Crippen molar-refractivity contribution in [2.45, 2.75) is 12.0 Å². The highest BCUT2D eigenvalue weighted by molar-refractivity contribution is 6.02. The van der Waals surface area contributed by atoms with Crippen LogP contribution in [0.15, 0.2) is 48.5 Å². The molecule has 32 heavy (non-hydrogen) atoms. The van der Waals surface area contributed by atoms with E-state index in [-0.39, 0.29) is 22.8 Å². The number of aromatic nitrogens is 1. The summed E-state index contributed by atoms with van der Waals surface area (Å²) in [4.78, 5) is 29.0. The highest BCUT2D eigenvalue weighted by Gasteiger charge is 2.48. The van der Waals surface area contributed by atoms with Crippen molar-refractivity contribution >= 4 is 17.7 Å². The lowest BCUT2D eigenvalue weighted by Gasteiger charge is -2.41. The number of benzene rings is 1. The minimum absolute atomic E-state index is 0.00266. The van der Waals surface area contributed by atoms with Gasteiger partial charge in [-0.05, 0) is 30.3 Å². The van der Waals surface area contributed by atoms with Gasteiger partial charge in [-0.2, -0.15) is 5.26 Å². The average Bonchev–Trinajstić information content (AvgIpc) is 2.79. The molecule has 0 aliphatic carbocycles. The van der Waals surface area contributed by atoms with E-state index in [1.165, 1.54) is 24.4 Å². The van der Waals surface area contributed by atoms with E-state index in [2.05, 4.69) is 20.4 Å². The number of ether oxygens (including phenoxy) is 1. The van der Waals surface area contributed by atoms with E-state index >= 15 is 0 Å². The SMILES string of the molecule is COC(=O)N1C=C(N)NC(c2cc(NC(=O)c3ccc(C#N)cn3)ccc2F)(C(F)F)C1. The van der Waals surface area contributed by atoms with Gasteiger partial charge in [0.2, 0.25) is 0 Å². The van der Waals surface area contributed by atoms with Crippen LogP contribution in [0.3, 0.4) is 0 Å². The van der Waals surface area contributed by atoms with Gasteiger partial charge in [0.05, 0.1) is 25.4 Å². The molecule has 3 rings (SSSR count). The minimum Gasteiger partial charge on any atom is -0.452 e. The second-order valence-corrected chi connectivity index (χ2v) is 6.77. The minimum atomic E-state index is -3.21. The molecule has 2 amide bonds. The van der Waals surface area contributed by atoms with Gasteiger partial charge in [-0.3, -0.25) is 9.69 Å². The summed E-state index contributed by atoms with van der Waals surface area (Å²) >= 11 is 0. The van der Waals surface area contributed by atoms with Crippen LogP contribution in [0.1, 0.15) is 21.6 Å². The fraction of sp³-hybridized carbons (Fsp3) is 0.200. The number of nitrogens with one attached hydrogen (secondary N) is 2. The summed E-state index contributed by atoms with van der Waals surface area (Å²) in [6.07, 6.45) is -1.91. The molecule has 4 N–H and O–H groups in total. The van der Waals surface area contributed by atoms with Crippen LogP contribution >= 0.6 is 0 Å². The topological polar surface area (TPSA) is 133 Å². The smallest absolute Gasteiger partial charge is 0.413 e. The molecule has 0 radical (unpaired) electrons. The van der Waals surface area contributed by atoms with Crippen molar-refractivity contribution in [2.75, 3.05) is 19.0 Å². The Morgan fingerprint density at radius 1 is 1.38 bits per heavy atom. The van der Waals surface area contributed by atoms with E-state index in [1.54, 1.807) is 0 Å². The molecule has 166 valence electrons. The summed E-state index contributed by atoms with van der Waals surface area (Å²) in [5.74, 6) is -2.02. The molecule has 1 aliphatic rings. The predicted molar refractivity (Wildman–Crippen MR) is 106 cm³/mol. The van der Waals surface area contributed by atoms with Crippen molar-refractivity contribution in [2.24, 2.45) is 5.73 Å². The van der Waals surface area contributed by atoms with Crippen molar-refractivity contribution in [1.29, 1.82) is 5.26 Å². The molecule has 1 atom stereocenters. The van der Waals surface area contributed by atoms with Gasteiger partial charge in [-0.1, -0.05) is 0 Å². The largest absolute Gasteiger partial charge is 0.452 e. The van der Waals surface area contributed by atoms with E-state index < -0.39 is 41.9 Å². The lowest BCUT2D eigenvalue weighted by Crippen LogP contribution is -2.60. The lowest BCUT2D eigenvalue weighted by molar-refractivity contribution is 0.00779. The number of anilines is 1. The zero-order chi connectivity index (χ0) is 23.5. The molecule has 0 fully saturated rings. The third-order valence-corrected chi connectivity index (χ3v) is 4.69. The molecular formula is C20H17F3N6O3. The summed E-state index contributed by atoms with van der Waals surface area (Å²) in [5.41, 5.74) is 2.94. The molecule has 1 unspecified atom stereocenters. The monoisotopic (exact) mass is 446 g/mol. The maximum Gasteiger partial charge on any atom is 0.413 e. The molecule has 9 nitrogen and oxygen atoms in total. The normalized spacial score (nSPS) is 17.8. The maximum atomic E-state index is 14.7. The van der Waals surface area contributed by atoms with Gasteiger partial charge in [0, 0.05) is 17.4 Å². The van der Waals surface area contributed by atoms with Crippen molar-refractivity contribution in [3.63, 3.8) is 0 Å². The number of pyridine rings is 1. The summed E-state index contributed by atoms with van der Waals surface area (Å²) in [7, 11) is 1.06. The van der Waals surface area contributed by atoms with E-state index in [1.807, 2.05) is 6.07 Å². The molecule has 1 aromatic carbocycles. The highest BCUT2D eigenvalue weighted by Crippen LogP contribution is 2.36. The number of alkyl halides is 2. The van der Waals surface area contributed by atoms with Crippen molar-refractivity contribution in [3.05, 3.63) is 71.2 Å². The Hall–Kier alpha value is -4.27. The van der Waals surface area contributed by atoms with Gasteiger partial charge in [-0.25, -0.2) is 22.9 Å². The number of carbonyl (C=O) groups is 2. The van der Waals surface area contributed by atoms with Crippen LogP contribution in [0, 0.1) is 17.1 Å². The number of carbonyl (C=O) groups excluding carboxylic acids is 2. The third-order valence-electron chi connectivity index (χ3n) is 4.69. The van der Waals surface area contributed by atoms with Crippen LogP contribution in [0.25, 0.3) is 0 Å². The van der Waals surface area contributed by atoms with Crippen molar-refractivity contribution < 1.29 is 27.5 Å². The fourth-order valence-electron chi connectivity index (χ4n) is 3.17. The molecule has 1 aliphatic heterocycles. The van der Waals surface area contributed by atoms with Gasteiger partial charge < -0.3 is 21.1 Å². The zero-order valence-electron chi connectivity index (χ0n) is 16.6. The summed E-state index contributed by atoms with van der Waals surface area (Å²) in [5, 5.41) is 13.6. The quantitative estimate of drug-likeness (QED) is 0.656. The van der Waals surface area contributed by atoms with Gasteiger partial charge in [0.25, 0.3) is 12.3 Å². The van der Waals surface area contributed by atoms with Gasteiger partial charge >= 0.3 is 6.09 Å². The first-order valence-electron chi connectivity index (χ1n) is 9.06. The molecular weight excluding hydrogens is 429 g/mol. The summed E-state index contributed by atoms with van der Waals surface area (Å²) in [6.45, 7) is -0.691. The second kappa shape index (κ2) is 8.84. The number of amides is 2. The van der Waals surface area contributed by atoms with Crippen molar-refractivity contribution in [1.82, 2.24) is 15.2 Å². The van der Waals surface area contributed by atoms with Crippen LogP contribution in [0.2, 0.25) is 0 Å². The molecule has 12 heteroatoms. The third kappa shape index (κ3) is 4.27. The molecule has 2 aromatic rings. The molecule has 0 saturated heterocycles. The fourth-order valence-corrected chi connectivity index (χ4v) is 3.17. The number of nitriles is 1. The van der Waals surface area contributed by atoms with Crippen LogP contribution in [-0.4, -0.2) is 42.0 Å². The van der Waals surface area contributed by atoms with Crippen molar-refractivity contribution in [3.8, 4) is 6.07 Å². The molecule has 2 heterocycles. The van der Waals surface area contributed by atoms with E-state index in [9.17, 15) is 22.8 Å². The Kier molecular flexibility index (Phi) is 6.20. The Labute approximate surface area is 180 Å². The first kappa shape index (κ1) is 22.4. The number of hydrogen-bond acceptors (Lipinski definition) is 7. The first-order chi connectivity index (χ1) is 15.2. The molecule has 0 spiro atoms. The Morgan fingerprint density at radius 3 is 2.72 bits per heavy atom. The summed E-state index contributed by atoms with van der Waals surface area (Å²) in [6, 6.07) is 7.65. The number of hydrogen-bond donors (Lipinski definition) is 3. The number of methoxy groups -OCH3 is 1. The first-order valence-corrected chi connectivity index (χ1v) is 9.06. The Morgan fingerprint density at radius 2 is 2.12 bits per heavy atom. The van der Waals surface area contributed by atoms with Gasteiger partial charge in [-0.15, -0.1) is 0 Å². The van der Waals surface area contributed by atoms with E-state index in [4.69, 9.17) is 11.0 Å². The average molecular weight is 446 g/mol. The molecule has 0 saturated carbocycles. The summed E-state index contributed by atoms with van der Waals surface area (Å²) < 4.78 is 47.8. The number of rotatable bonds is 4. The van der Waals surface area contributed by atoms with E-state index in [0.717, 1.165) is 30.3 Å². The maximum absolute atomic E-state index is 14.7. The Bertz CT molecular complexity index is 1120. The number of nitrogens with two attached hydrogens (primary N) is 1. The highest BCUT2D eigenvalue weighted by atomic mass is 19.3. The number of halogens is 3. The van der Waals surface area contributed by atoms with Gasteiger partial charge in [0.15, 0.2) is 0 Å². The lowest BCUT2D eigenvalue weighted by atomic mass is 9.87. The van der Waals surface area contributed by atoms with Gasteiger partial charge in [0.1, 0.15) is 28.9 Å². The second-order valence-electron chi connectivity index (χ2n) is 6.77. The van der Waals surface area contributed by atoms with Crippen LogP contribution in [0.5, 0.6) is 0 Å². The molecule has 1 aromatic heterocycles. The van der Waals surface area contributed by atoms with Crippen LogP contribution in [-0.2, 0) is 10.3 Å². The Balaban J connectivity index is 1.97. The van der Waals surface area contributed by atoms with E-state index in [0.29, 0.717) is 0 Å². The standard InChI is InChI=1S/C20H17F3N6O3/c1-32-19(31)29-9-16(25)28-20(10-29,18(22)23)13-6-12(3-4-14(13)21)27-17(30)15-5-2-11(7-24)8-26-15/h2-6,8-9,18,28H,10,25H2,1H3,(H,27,30).